The number of rotatable bonds is 6. The Morgan fingerprint density at radius 2 is 1.82 bits per heavy atom. The zero-order chi connectivity index (χ0) is 22.6. The molecule has 0 aliphatic carbocycles. The Balaban J connectivity index is 1.43. The topological polar surface area (TPSA) is 97.5 Å². The lowest BCUT2D eigenvalue weighted by molar-refractivity contribution is -0.148. The minimum atomic E-state index is -0.109. The number of hydrogen-bond donors (Lipinski definition) is 0. The van der Waals surface area contributed by atoms with Crippen LogP contribution in [0.4, 0.5) is 11.9 Å². The molecule has 3 aromatic heterocycles. The number of hydrogen-bond acceptors (Lipinski definition) is 9. The molecule has 5 heterocycles. The smallest absolute Gasteiger partial charge is 0.309 e. The Kier molecular flexibility index (Phi) is 6.19. The summed E-state index contributed by atoms with van der Waals surface area (Å²) in [4.78, 5) is 35.2. The predicted molar refractivity (Wildman–Crippen MR) is 124 cm³/mol. The predicted octanol–water partition coefficient (Wildman–Crippen LogP) is 3.57. The normalized spacial score (nSPS) is 16.9. The van der Waals surface area contributed by atoms with Crippen LogP contribution >= 0.6 is 0 Å². The third kappa shape index (κ3) is 4.53. The molecule has 2 aliphatic heterocycles. The fraction of sp³-hybridized carbons (Fsp3) is 0.458. The van der Waals surface area contributed by atoms with Crippen molar-refractivity contribution in [3.05, 3.63) is 36.9 Å². The van der Waals surface area contributed by atoms with Gasteiger partial charge in [-0.05, 0) is 50.8 Å². The average Bonchev–Trinajstić information content (AvgIpc) is 3.59. The molecule has 0 N–H and O–H groups in total. The molecular weight excluding hydrogens is 420 g/mol. The van der Waals surface area contributed by atoms with Crippen molar-refractivity contribution in [2.45, 2.75) is 32.6 Å². The number of aromatic nitrogens is 4. The summed E-state index contributed by atoms with van der Waals surface area (Å²) in [6, 6.07) is 5.63. The summed E-state index contributed by atoms with van der Waals surface area (Å²) in [5.41, 5.74) is 2.27. The third-order valence-electron chi connectivity index (χ3n) is 6.24. The highest BCUT2D eigenvalue weighted by Crippen LogP contribution is 2.32. The molecule has 9 nitrogen and oxygen atoms in total. The van der Waals surface area contributed by atoms with Gasteiger partial charge in [-0.2, -0.15) is 0 Å². The molecule has 3 aromatic rings. The SMILES string of the molecule is CCOC(=O)C1CCN(c2ncc(-c3ccnc(N4CCCC4)n3)c(-c3ccco3)n2)CC1. The van der Waals surface area contributed by atoms with Crippen LogP contribution in [0.25, 0.3) is 22.7 Å². The van der Waals surface area contributed by atoms with Gasteiger partial charge in [-0.1, -0.05) is 0 Å². The number of furan rings is 1. The highest BCUT2D eigenvalue weighted by Gasteiger charge is 2.28. The van der Waals surface area contributed by atoms with Gasteiger partial charge in [0.05, 0.1) is 24.5 Å². The molecule has 0 spiro atoms. The monoisotopic (exact) mass is 448 g/mol. The molecule has 0 saturated carbocycles. The van der Waals surface area contributed by atoms with E-state index in [1.54, 1.807) is 12.5 Å². The first-order chi connectivity index (χ1) is 16.2. The number of carbonyl (C=O) groups excluding carboxylic acids is 1. The minimum absolute atomic E-state index is 0.0601. The van der Waals surface area contributed by atoms with Crippen molar-refractivity contribution >= 4 is 17.9 Å². The van der Waals surface area contributed by atoms with Gasteiger partial charge in [-0.15, -0.1) is 0 Å². The quantitative estimate of drug-likeness (QED) is 0.524. The molecule has 0 unspecified atom stereocenters. The largest absolute Gasteiger partial charge is 0.466 e. The summed E-state index contributed by atoms with van der Waals surface area (Å²) in [7, 11) is 0. The molecule has 0 radical (unpaired) electrons. The summed E-state index contributed by atoms with van der Waals surface area (Å²) in [5.74, 6) is 1.86. The molecule has 9 heteroatoms. The van der Waals surface area contributed by atoms with Crippen LogP contribution in [0.1, 0.15) is 32.6 Å². The maximum Gasteiger partial charge on any atom is 0.309 e. The molecule has 33 heavy (non-hydrogen) atoms. The van der Waals surface area contributed by atoms with Gasteiger partial charge in [0.15, 0.2) is 5.76 Å². The first-order valence-electron chi connectivity index (χ1n) is 11.6. The molecular formula is C24H28N6O3. The van der Waals surface area contributed by atoms with Crippen molar-refractivity contribution in [1.82, 2.24) is 19.9 Å². The van der Waals surface area contributed by atoms with Gasteiger partial charge < -0.3 is 19.0 Å². The van der Waals surface area contributed by atoms with E-state index in [4.69, 9.17) is 19.1 Å². The van der Waals surface area contributed by atoms with E-state index in [1.165, 1.54) is 0 Å². The maximum atomic E-state index is 12.1. The van der Waals surface area contributed by atoms with E-state index in [2.05, 4.69) is 19.8 Å². The fourth-order valence-corrected chi connectivity index (χ4v) is 4.46. The zero-order valence-corrected chi connectivity index (χ0v) is 18.8. The summed E-state index contributed by atoms with van der Waals surface area (Å²) >= 11 is 0. The van der Waals surface area contributed by atoms with Crippen LogP contribution in [0.5, 0.6) is 0 Å². The Labute approximate surface area is 192 Å². The van der Waals surface area contributed by atoms with Gasteiger partial charge in [0.1, 0.15) is 5.69 Å². The Bertz CT molecular complexity index is 1090. The van der Waals surface area contributed by atoms with E-state index in [9.17, 15) is 4.79 Å². The molecule has 0 atom stereocenters. The number of carbonyl (C=O) groups is 1. The molecule has 0 bridgehead atoms. The van der Waals surface area contributed by atoms with E-state index < -0.39 is 0 Å². The van der Waals surface area contributed by atoms with Gasteiger partial charge in [-0.25, -0.2) is 19.9 Å². The minimum Gasteiger partial charge on any atom is -0.466 e. The third-order valence-corrected chi connectivity index (χ3v) is 6.24. The second-order valence-electron chi connectivity index (χ2n) is 8.36. The first kappa shape index (κ1) is 21.4. The molecule has 2 saturated heterocycles. The lowest BCUT2D eigenvalue weighted by Crippen LogP contribution is -2.38. The van der Waals surface area contributed by atoms with Gasteiger partial charge in [0.2, 0.25) is 11.9 Å². The Hall–Kier alpha value is -3.49. The molecule has 2 fully saturated rings. The van der Waals surface area contributed by atoms with Crippen molar-refractivity contribution in [3.8, 4) is 22.7 Å². The van der Waals surface area contributed by atoms with Gasteiger partial charge in [0.25, 0.3) is 0 Å². The maximum absolute atomic E-state index is 12.1. The van der Waals surface area contributed by atoms with Gasteiger partial charge in [0, 0.05) is 44.1 Å². The lowest BCUT2D eigenvalue weighted by atomic mass is 9.97. The van der Waals surface area contributed by atoms with E-state index >= 15 is 0 Å². The molecule has 172 valence electrons. The fourth-order valence-electron chi connectivity index (χ4n) is 4.46. The number of esters is 1. The van der Waals surface area contributed by atoms with Gasteiger partial charge >= 0.3 is 5.97 Å². The van der Waals surface area contributed by atoms with E-state index in [0.717, 1.165) is 56.0 Å². The van der Waals surface area contributed by atoms with Crippen molar-refractivity contribution in [2.24, 2.45) is 5.92 Å². The van der Waals surface area contributed by atoms with Crippen molar-refractivity contribution < 1.29 is 13.9 Å². The average molecular weight is 449 g/mol. The first-order valence-corrected chi connectivity index (χ1v) is 11.6. The van der Waals surface area contributed by atoms with Crippen LogP contribution < -0.4 is 9.80 Å². The van der Waals surface area contributed by atoms with Crippen LogP contribution in [-0.4, -0.2) is 58.7 Å². The molecule has 0 aromatic carbocycles. The second-order valence-corrected chi connectivity index (χ2v) is 8.36. The number of nitrogens with zero attached hydrogens (tertiary/aromatic N) is 6. The highest BCUT2D eigenvalue weighted by atomic mass is 16.5. The van der Waals surface area contributed by atoms with E-state index in [1.807, 2.05) is 31.3 Å². The van der Waals surface area contributed by atoms with E-state index in [-0.39, 0.29) is 11.9 Å². The van der Waals surface area contributed by atoms with Crippen LogP contribution in [0.2, 0.25) is 0 Å². The molecule has 2 aliphatic rings. The summed E-state index contributed by atoms with van der Waals surface area (Å²) in [6.45, 7) is 5.61. The lowest BCUT2D eigenvalue weighted by Gasteiger charge is -2.31. The summed E-state index contributed by atoms with van der Waals surface area (Å²) in [6.07, 6.45) is 9.02. The second kappa shape index (κ2) is 9.56. The number of piperidine rings is 1. The molecule has 5 rings (SSSR count). The van der Waals surface area contributed by atoms with Crippen LogP contribution in [0, 0.1) is 5.92 Å². The Morgan fingerprint density at radius 1 is 1.06 bits per heavy atom. The zero-order valence-electron chi connectivity index (χ0n) is 18.8. The van der Waals surface area contributed by atoms with Crippen LogP contribution in [0.3, 0.4) is 0 Å². The van der Waals surface area contributed by atoms with Crippen molar-refractivity contribution in [3.63, 3.8) is 0 Å². The standard InChI is InChI=1S/C24H28N6O3/c1-2-32-22(31)17-8-13-30(14-9-17)24-26-16-18(21(28-24)20-6-5-15-33-20)19-7-10-25-23(27-19)29-11-3-4-12-29/h5-7,10,15-17H,2-4,8-9,11-14H2,1H3. The number of anilines is 2. The highest BCUT2D eigenvalue weighted by molar-refractivity contribution is 5.77. The Morgan fingerprint density at radius 3 is 2.55 bits per heavy atom. The summed E-state index contributed by atoms with van der Waals surface area (Å²) in [5, 5.41) is 0. The van der Waals surface area contributed by atoms with E-state index in [0.29, 0.717) is 37.1 Å². The van der Waals surface area contributed by atoms with Crippen LogP contribution in [0.15, 0.2) is 41.3 Å². The summed E-state index contributed by atoms with van der Waals surface area (Å²) < 4.78 is 10.9. The van der Waals surface area contributed by atoms with Crippen molar-refractivity contribution in [2.75, 3.05) is 42.6 Å². The molecule has 0 amide bonds. The number of ether oxygens (including phenoxy) is 1. The van der Waals surface area contributed by atoms with Crippen molar-refractivity contribution in [1.29, 1.82) is 0 Å². The van der Waals surface area contributed by atoms with Crippen LogP contribution in [-0.2, 0) is 9.53 Å². The van der Waals surface area contributed by atoms with Gasteiger partial charge in [-0.3, -0.25) is 4.79 Å².